The highest BCUT2D eigenvalue weighted by molar-refractivity contribution is 7.09. The summed E-state index contributed by atoms with van der Waals surface area (Å²) in [6.07, 6.45) is 0. The predicted octanol–water partition coefficient (Wildman–Crippen LogP) is 3.30. The van der Waals surface area contributed by atoms with Gasteiger partial charge >= 0.3 is 0 Å². The summed E-state index contributed by atoms with van der Waals surface area (Å²) in [4.78, 5) is 20.6. The Bertz CT molecular complexity index is 802. The van der Waals surface area contributed by atoms with E-state index in [-0.39, 0.29) is 11.1 Å². The first kappa shape index (κ1) is 13.0. The molecule has 0 aliphatic heterocycles. The van der Waals surface area contributed by atoms with Crippen LogP contribution in [0.5, 0.6) is 0 Å². The number of anilines is 1. The van der Waals surface area contributed by atoms with Crippen LogP contribution >= 0.6 is 23.1 Å². The fourth-order valence-electron chi connectivity index (χ4n) is 1.84. The summed E-state index contributed by atoms with van der Waals surface area (Å²) in [5, 5.41) is 4.21. The molecule has 3 rings (SSSR count). The largest absolute Gasteiger partial charge is 0.297 e. The van der Waals surface area contributed by atoms with Crippen LogP contribution in [0, 0.1) is 6.92 Å². The van der Waals surface area contributed by atoms with Crippen LogP contribution in [0.25, 0.3) is 10.9 Å². The van der Waals surface area contributed by atoms with E-state index in [0.29, 0.717) is 22.0 Å². The van der Waals surface area contributed by atoms with Gasteiger partial charge in [-0.3, -0.25) is 10.1 Å². The smallest absolute Gasteiger partial charge is 0.258 e. The molecule has 0 saturated heterocycles. The molecule has 1 amide bonds. The minimum Gasteiger partial charge on any atom is -0.297 e. The molecule has 0 radical (unpaired) electrons. The van der Waals surface area contributed by atoms with Crippen molar-refractivity contribution in [2.45, 2.75) is 6.92 Å². The van der Waals surface area contributed by atoms with Crippen LogP contribution < -0.4 is 5.32 Å². The molecule has 3 aromatic rings. The van der Waals surface area contributed by atoms with Crippen LogP contribution in [0.3, 0.4) is 0 Å². The second-order valence-electron chi connectivity index (χ2n) is 4.11. The lowest BCUT2D eigenvalue weighted by atomic mass is 10.1. The molecule has 0 aliphatic carbocycles. The molecule has 1 aromatic carbocycles. The number of amides is 1. The molecule has 0 aliphatic rings. The number of para-hydroxylation sites is 1. The first-order valence-corrected chi connectivity index (χ1v) is 6.95. The molecule has 2 heterocycles. The molecule has 0 spiro atoms. The maximum atomic E-state index is 12.3. The van der Waals surface area contributed by atoms with Gasteiger partial charge in [-0.1, -0.05) is 29.8 Å². The standard InChI is InChI=1S/C13H9ClN4OS/c1-7-15-13(20-18-7)17-12(19)9-6-11(14)16-10-5-3-2-4-8(9)10/h2-6H,1H3,(H,15,17,18,19). The fourth-order valence-corrected chi connectivity index (χ4v) is 2.61. The van der Waals surface area contributed by atoms with E-state index in [1.54, 1.807) is 13.0 Å². The minimum absolute atomic E-state index is 0.276. The number of aryl methyl sites for hydroxylation is 1. The monoisotopic (exact) mass is 304 g/mol. The lowest BCUT2D eigenvalue weighted by Crippen LogP contribution is -2.12. The van der Waals surface area contributed by atoms with Crippen molar-refractivity contribution in [1.82, 2.24) is 14.3 Å². The number of nitrogens with zero attached hydrogens (tertiary/aromatic N) is 3. The fraction of sp³-hybridized carbons (Fsp3) is 0.0769. The zero-order valence-electron chi connectivity index (χ0n) is 10.4. The van der Waals surface area contributed by atoms with Crippen LogP contribution in [0.2, 0.25) is 5.15 Å². The number of benzene rings is 1. The lowest BCUT2D eigenvalue weighted by Gasteiger charge is -2.06. The lowest BCUT2D eigenvalue weighted by molar-refractivity contribution is 0.102. The van der Waals surface area contributed by atoms with Crippen LogP contribution in [-0.4, -0.2) is 20.2 Å². The van der Waals surface area contributed by atoms with E-state index < -0.39 is 0 Å². The highest BCUT2D eigenvalue weighted by Crippen LogP contribution is 2.22. The van der Waals surface area contributed by atoms with E-state index in [1.165, 1.54) is 0 Å². The Labute approximate surface area is 123 Å². The molecule has 0 saturated carbocycles. The first-order valence-electron chi connectivity index (χ1n) is 5.80. The third kappa shape index (κ3) is 2.48. The number of carbonyl (C=O) groups excluding carboxylic acids is 1. The molecule has 0 bridgehead atoms. The van der Waals surface area contributed by atoms with Crippen molar-refractivity contribution in [3.05, 3.63) is 46.9 Å². The van der Waals surface area contributed by atoms with E-state index >= 15 is 0 Å². The average Bonchev–Trinajstić information content (AvgIpc) is 2.83. The summed E-state index contributed by atoms with van der Waals surface area (Å²) >= 11 is 7.10. The summed E-state index contributed by atoms with van der Waals surface area (Å²) in [6.45, 7) is 1.77. The molecule has 0 fully saturated rings. The van der Waals surface area contributed by atoms with E-state index in [9.17, 15) is 4.79 Å². The number of halogens is 1. The van der Waals surface area contributed by atoms with Gasteiger partial charge < -0.3 is 0 Å². The van der Waals surface area contributed by atoms with Crippen molar-refractivity contribution < 1.29 is 4.79 Å². The Hall–Kier alpha value is -2.05. The Morgan fingerprint density at radius 2 is 2.10 bits per heavy atom. The highest BCUT2D eigenvalue weighted by atomic mass is 35.5. The van der Waals surface area contributed by atoms with Gasteiger partial charge in [0.05, 0.1) is 11.1 Å². The molecule has 1 N–H and O–H groups in total. The topological polar surface area (TPSA) is 67.8 Å². The van der Waals surface area contributed by atoms with Gasteiger partial charge in [-0.25, -0.2) is 9.97 Å². The van der Waals surface area contributed by atoms with Gasteiger partial charge in [-0.05, 0) is 19.1 Å². The number of hydrogen-bond acceptors (Lipinski definition) is 5. The maximum absolute atomic E-state index is 12.3. The Morgan fingerprint density at radius 3 is 2.85 bits per heavy atom. The van der Waals surface area contributed by atoms with Crippen LogP contribution in [0.1, 0.15) is 16.2 Å². The van der Waals surface area contributed by atoms with E-state index in [0.717, 1.165) is 16.9 Å². The summed E-state index contributed by atoms with van der Waals surface area (Å²) in [6, 6.07) is 8.89. The number of carbonyl (C=O) groups is 1. The predicted molar refractivity (Wildman–Crippen MR) is 79.4 cm³/mol. The van der Waals surface area contributed by atoms with E-state index in [2.05, 4.69) is 19.7 Å². The normalized spacial score (nSPS) is 10.7. The molecule has 20 heavy (non-hydrogen) atoms. The molecular formula is C13H9ClN4OS. The Morgan fingerprint density at radius 1 is 1.30 bits per heavy atom. The van der Waals surface area contributed by atoms with Crippen molar-refractivity contribution in [3.63, 3.8) is 0 Å². The maximum Gasteiger partial charge on any atom is 0.258 e. The number of nitrogens with one attached hydrogen (secondary N) is 1. The van der Waals surface area contributed by atoms with Crippen LogP contribution in [-0.2, 0) is 0 Å². The van der Waals surface area contributed by atoms with Gasteiger partial charge in [0, 0.05) is 16.9 Å². The van der Waals surface area contributed by atoms with Crippen LogP contribution in [0.4, 0.5) is 5.13 Å². The average molecular weight is 305 g/mol. The Kier molecular flexibility index (Phi) is 3.33. The van der Waals surface area contributed by atoms with Gasteiger partial charge in [-0.2, -0.15) is 4.37 Å². The van der Waals surface area contributed by atoms with Gasteiger partial charge in [0.15, 0.2) is 0 Å². The summed E-state index contributed by atoms with van der Waals surface area (Å²) < 4.78 is 4.02. The van der Waals surface area contributed by atoms with Gasteiger partial charge in [0.1, 0.15) is 11.0 Å². The van der Waals surface area contributed by atoms with Crippen molar-refractivity contribution in [2.75, 3.05) is 5.32 Å². The SMILES string of the molecule is Cc1nsc(NC(=O)c2cc(Cl)nc3ccccc23)n1. The minimum atomic E-state index is -0.276. The van der Waals surface area contributed by atoms with Crippen molar-refractivity contribution >= 4 is 45.1 Å². The third-order valence-electron chi connectivity index (χ3n) is 2.68. The number of pyridine rings is 1. The van der Waals surface area contributed by atoms with E-state index in [4.69, 9.17) is 11.6 Å². The van der Waals surface area contributed by atoms with Gasteiger partial charge in [0.25, 0.3) is 5.91 Å². The van der Waals surface area contributed by atoms with Gasteiger partial charge in [-0.15, -0.1) is 0 Å². The molecule has 0 atom stereocenters. The number of hydrogen-bond donors (Lipinski definition) is 1. The second kappa shape index (κ2) is 5.15. The summed E-state index contributed by atoms with van der Waals surface area (Å²) in [5.41, 5.74) is 1.15. The van der Waals surface area contributed by atoms with Crippen molar-refractivity contribution in [2.24, 2.45) is 0 Å². The molecule has 2 aromatic heterocycles. The number of rotatable bonds is 2. The van der Waals surface area contributed by atoms with Gasteiger partial charge in [0.2, 0.25) is 5.13 Å². The summed E-state index contributed by atoms with van der Waals surface area (Å²) in [7, 11) is 0. The van der Waals surface area contributed by atoms with Crippen molar-refractivity contribution in [3.8, 4) is 0 Å². The third-order valence-corrected chi connectivity index (χ3v) is 3.59. The Balaban J connectivity index is 2.02. The number of fused-ring (bicyclic) bond motifs is 1. The summed E-state index contributed by atoms with van der Waals surface area (Å²) in [5.74, 6) is 0.351. The number of aromatic nitrogens is 3. The van der Waals surface area contributed by atoms with Crippen LogP contribution in [0.15, 0.2) is 30.3 Å². The zero-order chi connectivity index (χ0) is 14.1. The molecule has 5 nitrogen and oxygen atoms in total. The molecular weight excluding hydrogens is 296 g/mol. The molecule has 100 valence electrons. The second-order valence-corrected chi connectivity index (χ2v) is 5.25. The molecule has 0 unspecified atom stereocenters. The quantitative estimate of drug-likeness (QED) is 0.738. The first-order chi connectivity index (χ1) is 9.63. The zero-order valence-corrected chi connectivity index (χ0v) is 12.0. The molecule has 7 heteroatoms. The van der Waals surface area contributed by atoms with E-state index in [1.807, 2.05) is 24.3 Å². The highest BCUT2D eigenvalue weighted by Gasteiger charge is 2.14. The van der Waals surface area contributed by atoms with Crippen molar-refractivity contribution in [1.29, 1.82) is 0 Å².